The number of carboxylic acid groups (broad SMARTS) is 1. The molecule has 0 unspecified atom stereocenters. The number of carbonyl (C=O) groups excluding carboxylic acids is 2. The lowest BCUT2D eigenvalue weighted by Gasteiger charge is -2.30. The van der Waals surface area contributed by atoms with Gasteiger partial charge in [-0.1, -0.05) is 23.5 Å². The molecular formula is C16H15N2O3S-. The lowest BCUT2D eigenvalue weighted by atomic mass is 9.79. The fourth-order valence-electron chi connectivity index (χ4n) is 4.12. The topological polar surface area (TPSA) is 82.1 Å². The Morgan fingerprint density at radius 1 is 1.18 bits per heavy atom. The molecule has 4 atom stereocenters. The number of fused-ring (bicyclic) bond motifs is 3. The maximum absolute atomic E-state index is 12.6. The van der Waals surface area contributed by atoms with E-state index in [-0.39, 0.29) is 17.7 Å². The van der Waals surface area contributed by atoms with Gasteiger partial charge in [-0.25, -0.2) is 4.98 Å². The molecule has 0 aliphatic heterocycles. The van der Waals surface area contributed by atoms with Crippen molar-refractivity contribution in [2.45, 2.75) is 19.3 Å². The summed E-state index contributed by atoms with van der Waals surface area (Å²) in [6.07, 6.45) is 2.66. The number of carboxylic acids is 1. The second-order valence-corrected chi connectivity index (χ2v) is 7.21. The van der Waals surface area contributed by atoms with Crippen LogP contribution in [0, 0.1) is 23.7 Å². The van der Waals surface area contributed by atoms with Crippen LogP contribution in [0.5, 0.6) is 0 Å². The van der Waals surface area contributed by atoms with Gasteiger partial charge in [0.25, 0.3) is 0 Å². The highest BCUT2D eigenvalue weighted by Crippen LogP contribution is 2.52. The molecule has 1 aromatic heterocycles. The van der Waals surface area contributed by atoms with Crippen molar-refractivity contribution in [3.05, 3.63) is 24.3 Å². The van der Waals surface area contributed by atoms with Gasteiger partial charge in [0.2, 0.25) is 5.91 Å². The molecule has 2 aliphatic rings. The number of aliphatic carboxylic acids is 1. The van der Waals surface area contributed by atoms with Crippen molar-refractivity contribution >= 4 is 38.6 Å². The van der Waals surface area contributed by atoms with E-state index in [2.05, 4.69) is 10.3 Å². The van der Waals surface area contributed by atoms with Crippen LogP contribution in [-0.2, 0) is 9.59 Å². The number of nitrogens with one attached hydrogen (secondary N) is 1. The van der Waals surface area contributed by atoms with Gasteiger partial charge in [-0.2, -0.15) is 0 Å². The maximum atomic E-state index is 12.6. The summed E-state index contributed by atoms with van der Waals surface area (Å²) in [4.78, 5) is 28.3. The molecule has 0 spiro atoms. The lowest BCUT2D eigenvalue weighted by molar-refractivity contribution is -0.314. The zero-order valence-electron chi connectivity index (χ0n) is 11.8. The predicted molar refractivity (Wildman–Crippen MR) is 81.1 cm³/mol. The minimum atomic E-state index is -1.09. The van der Waals surface area contributed by atoms with E-state index in [1.165, 1.54) is 11.3 Å². The van der Waals surface area contributed by atoms with Crippen LogP contribution in [0.4, 0.5) is 5.13 Å². The Morgan fingerprint density at radius 2 is 1.91 bits per heavy atom. The smallest absolute Gasteiger partial charge is 0.230 e. The first-order valence-electron chi connectivity index (χ1n) is 7.51. The zero-order valence-corrected chi connectivity index (χ0v) is 12.6. The van der Waals surface area contributed by atoms with Crippen molar-refractivity contribution < 1.29 is 14.7 Å². The van der Waals surface area contributed by atoms with Crippen molar-refractivity contribution in [2.75, 3.05) is 5.32 Å². The van der Waals surface area contributed by atoms with E-state index in [1.807, 2.05) is 24.3 Å². The number of carbonyl (C=O) groups is 2. The van der Waals surface area contributed by atoms with E-state index in [9.17, 15) is 14.7 Å². The number of hydrogen-bond donors (Lipinski definition) is 1. The van der Waals surface area contributed by atoms with Gasteiger partial charge in [-0.05, 0) is 43.2 Å². The van der Waals surface area contributed by atoms with Crippen molar-refractivity contribution in [3.63, 3.8) is 0 Å². The van der Waals surface area contributed by atoms with Crippen LogP contribution in [-0.4, -0.2) is 16.9 Å². The van der Waals surface area contributed by atoms with Crippen LogP contribution in [0.15, 0.2) is 24.3 Å². The Bertz CT molecular complexity index is 724. The van der Waals surface area contributed by atoms with Gasteiger partial charge in [-0.3, -0.25) is 4.79 Å². The molecule has 4 rings (SSSR count). The van der Waals surface area contributed by atoms with Gasteiger partial charge < -0.3 is 15.2 Å². The summed E-state index contributed by atoms with van der Waals surface area (Å²) < 4.78 is 1.00. The summed E-state index contributed by atoms with van der Waals surface area (Å²) in [5, 5.41) is 14.7. The summed E-state index contributed by atoms with van der Waals surface area (Å²) in [5.41, 5.74) is 0.840. The third-order valence-electron chi connectivity index (χ3n) is 5.02. The molecule has 1 amide bonds. The SMILES string of the molecule is O=C([O-])[C@H]1[C@H]2CC[C@@H](C2)[C@@H]1C(=O)Nc1nc2ccccc2s1. The highest BCUT2D eigenvalue weighted by molar-refractivity contribution is 7.22. The van der Waals surface area contributed by atoms with E-state index in [0.29, 0.717) is 5.13 Å². The number of amides is 1. The van der Waals surface area contributed by atoms with Gasteiger partial charge in [0.1, 0.15) is 0 Å². The van der Waals surface area contributed by atoms with Crippen LogP contribution in [0.3, 0.4) is 0 Å². The largest absolute Gasteiger partial charge is 0.550 e. The minimum Gasteiger partial charge on any atom is -0.550 e. The van der Waals surface area contributed by atoms with E-state index in [4.69, 9.17) is 0 Å². The van der Waals surface area contributed by atoms with Crippen LogP contribution in [0.25, 0.3) is 10.2 Å². The molecule has 2 saturated carbocycles. The quantitative estimate of drug-likeness (QED) is 0.933. The first-order chi connectivity index (χ1) is 10.6. The predicted octanol–water partition coefficient (Wildman–Crippen LogP) is 1.65. The fraction of sp³-hybridized carbons (Fsp3) is 0.438. The Balaban J connectivity index is 1.57. The highest BCUT2D eigenvalue weighted by Gasteiger charge is 2.51. The number of benzene rings is 1. The summed E-state index contributed by atoms with van der Waals surface area (Å²) in [5.74, 6) is -2.16. The molecule has 1 aromatic carbocycles. The standard InChI is InChI=1S/C16H16N2O3S/c19-14(12-8-5-6-9(7-8)13(12)15(20)21)18-16-17-10-3-1-2-4-11(10)22-16/h1-4,8-9,12-13H,5-7H2,(H,20,21)(H,17,18,19)/p-1/t8-,9-,12-,13-/m0/s1. The Hall–Kier alpha value is -1.95. The highest BCUT2D eigenvalue weighted by atomic mass is 32.1. The summed E-state index contributed by atoms with van der Waals surface area (Å²) in [6.45, 7) is 0. The lowest BCUT2D eigenvalue weighted by Crippen LogP contribution is -2.43. The number of anilines is 1. The third kappa shape index (κ3) is 2.09. The first-order valence-corrected chi connectivity index (χ1v) is 8.32. The second-order valence-electron chi connectivity index (χ2n) is 6.18. The fourth-order valence-corrected chi connectivity index (χ4v) is 4.99. The molecule has 6 heteroatoms. The molecule has 0 radical (unpaired) electrons. The molecule has 5 nitrogen and oxygen atoms in total. The number of aromatic nitrogens is 1. The molecule has 22 heavy (non-hydrogen) atoms. The van der Waals surface area contributed by atoms with Gasteiger partial charge in [0.15, 0.2) is 5.13 Å². The van der Waals surface area contributed by atoms with Crippen LogP contribution >= 0.6 is 11.3 Å². The van der Waals surface area contributed by atoms with E-state index >= 15 is 0 Å². The molecule has 1 N–H and O–H groups in total. The maximum Gasteiger partial charge on any atom is 0.230 e. The number of nitrogens with zero attached hydrogens (tertiary/aromatic N) is 1. The minimum absolute atomic E-state index is 0.0983. The number of rotatable bonds is 3. The molecule has 2 aromatic rings. The van der Waals surface area contributed by atoms with Crippen molar-refractivity contribution in [1.29, 1.82) is 0 Å². The van der Waals surface area contributed by atoms with E-state index in [0.717, 1.165) is 29.5 Å². The molecule has 2 aliphatic carbocycles. The second kappa shape index (κ2) is 5.05. The summed E-state index contributed by atoms with van der Waals surface area (Å²) >= 11 is 1.41. The first kappa shape index (κ1) is 13.7. The molecule has 2 fully saturated rings. The Kier molecular flexibility index (Phi) is 3.14. The number of hydrogen-bond acceptors (Lipinski definition) is 5. The Morgan fingerprint density at radius 3 is 2.64 bits per heavy atom. The van der Waals surface area contributed by atoms with E-state index < -0.39 is 17.8 Å². The number of thiazole rings is 1. The van der Waals surface area contributed by atoms with Crippen LogP contribution in [0.2, 0.25) is 0 Å². The molecule has 114 valence electrons. The van der Waals surface area contributed by atoms with Crippen LogP contribution in [0.1, 0.15) is 19.3 Å². The van der Waals surface area contributed by atoms with Crippen molar-refractivity contribution in [1.82, 2.24) is 4.98 Å². The zero-order chi connectivity index (χ0) is 15.3. The molecular weight excluding hydrogens is 300 g/mol. The van der Waals surface area contributed by atoms with Gasteiger partial charge in [0.05, 0.1) is 10.2 Å². The molecule has 2 bridgehead atoms. The average Bonchev–Trinajstić information content (AvgIpc) is 3.19. The van der Waals surface area contributed by atoms with Gasteiger partial charge >= 0.3 is 0 Å². The molecule has 1 heterocycles. The van der Waals surface area contributed by atoms with Gasteiger partial charge in [-0.15, -0.1) is 0 Å². The normalized spacial score (nSPS) is 29.8. The molecule has 0 saturated heterocycles. The number of para-hydroxylation sites is 1. The summed E-state index contributed by atoms with van der Waals surface area (Å²) in [7, 11) is 0. The van der Waals surface area contributed by atoms with Crippen molar-refractivity contribution in [3.8, 4) is 0 Å². The third-order valence-corrected chi connectivity index (χ3v) is 5.97. The Labute approximate surface area is 131 Å². The summed E-state index contributed by atoms with van der Waals surface area (Å²) in [6, 6.07) is 7.66. The van der Waals surface area contributed by atoms with E-state index in [1.54, 1.807) is 0 Å². The van der Waals surface area contributed by atoms with Crippen LogP contribution < -0.4 is 10.4 Å². The average molecular weight is 315 g/mol. The van der Waals surface area contributed by atoms with Crippen molar-refractivity contribution in [2.24, 2.45) is 23.7 Å². The van der Waals surface area contributed by atoms with Gasteiger partial charge in [0, 0.05) is 17.8 Å². The monoisotopic (exact) mass is 315 g/mol.